The lowest BCUT2D eigenvalue weighted by molar-refractivity contribution is -0.113. The monoisotopic (exact) mass is 394 g/mol. The van der Waals surface area contributed by atoms with Gasteiger partial charge >= 0.3 is 0 Å². The summed E-state index contributed by atoms with van der Waals surface area (Å²) in [5.41, 5.74) is 0.475. The van der Waals surface area contributed by atoms with Crippen LogP contribution < -0.4 is 10.0 Å². The minimum atomic E-state index is -3.69. The van der Waals surface area contributed by atoms with E-state index in [1.165, 1.54) is 44.1 Å². The highest BCUT2D eigenvalue weighted by Crippen LogP contribution is 2.29. The van der Waals surface area contributed by atoms with E-state index in [0.29, 0.717) is 22.5 Å². The van der Waals surface area contributed by atoms with Gasteiger partial charge in [-0.25, -0.2) is 13.1 Å². The van der Waals surface area contributed by atoms with E-state index in [4.69, 9.17) is 4.42 Å². The van der Waals surface area contributed by atoms with Crippen molar-refractivity contribution in [3.63, 3.8) is 0 Å². The van der Waals surface area contributed by atoms with E-state index in [1.807, 2.05) is 0 Å². The molecule has 1 fully saturated rings. The van der Waals surface area contributed by atoms with Gasteiger partial charge < -0.3 is 9.73 Å². The molecule has 0 radical (unpaired) electrons. The van der Waals surface area contributed by atoms with Crippen molar-refractivity contribution in [1.29, 1.82) is 0 Å². The molecule has 3 rings (SSSR count). The van der Waals surface area contributed by atoms with Gasteiger partial charge in [-0.2, -0.15) is 0 Å². The SMILES string of the molecule is O=C(CSC1CCCC1)Nc1cccc(S(=O)(=O)NCc2ccco2)c1. The van der Waals surface area contributed by atoms with Gasteiger partial charge in [0.05, 0.1) is 23.5 Å². The first-order valence-corrected chi connectivity index (χ1v) is 11.1. The Morgan fingerprint density at radius 2 is 2.00 bits per heavy atom. The number of amides is 1. The third kappa shape index (κ3) is 5.36. The predicted molar refractivity (Wildman–Crippen MR) is 103 cm³/mol. The first-order valence-electron chi connectivity index (χ1n) is 8.56. The average molecular weight is 395 g/mol. The molecule has 0 unspecified atom stereocenters. The molecule has 6 nitrogen and oxygen atoms in total. The number of hydrogen-bond donors (Lipinski definition) is 2. The van der Waals surface area contributed by atoms with Gasteiger partial charge in [0.15, 0.2) is 0 Å². The van der Waals surface area contributed by atoms with Crippen LogP contribution in [-0.2, 0) is 21.4 Å². The van der Waals surface area contributed by atoms with Crippen LogP contribution in [0.4, 0.5) is 5.69 Å². The number of carbonyl (C=O) groups excluding carboxylic acids is 1. The third-order valence-corrected chi connectivity index (χ3v) is 6.97. The maximum Gasteiger partial charge on any atom is 0.241 e. The van der Waals surface area contributed by atoms with Crippen molar-refractivity contribution in [2.45, 2.75) is 42.4 Å². The van der Waals surface area contributed by atoms with E-state index < -0.39 is 10.0 Å². The Morgan fingerprint density at radius 1 is 1.19 bits per heavy atom. The first kappa shape index (κ1) is 19.0. The summed E-state index contributed by atoms with van der Waals surface area (Å²) < 4.78 is 32.4. The van der Waals surface area contributed by atoms with E-state index in [9.17, 15) is 13.2 Å². The molecule has 0 bridgehead atoms. The van der Waals surface area contributed by atoms with Crippen LogP contribution >= 0.6 is 11.8 Å². The molecule has 2 aromatic rings. The van der Waals surface area contributed by atoms with Crippen LogP contribution in [0.1, 0.15) is 31.4 Å². The Hall–Kier alpha value is -1.77. The fraction of sp³-hybridized carbons (Fsp3) is 0.389. The second-order valence-corrected chi connectivity index (χ2v) is 9.25. The normalized spacial score (nSPS) is 15.2. The van der Waals surface area contributed by atoms with Gasteiger partial charge in [0, 0.05) is 10.9 Å². The van der Waals surface area contributed by atoms with Gasteiger partial charge in [0.25, 0.3) is 0 Å². The predicted octanol–water partition coefficient (Wildman–Crippen LogP) is 3.37. The molecule has 1 heterocycles. The Kier molecular flexibility index (Phi) is 6.39. The van der Waals surface area contributed by atoms with Crippen LogP contribution in [0.15, 0.2) is 52.0 Å². The summed E-state index contributed by atoms with van der Waals surface area (Å²) in [6.07, 6.45) is 6.32. The highest BCUT2D eigenvalue weighted by Gasteiger charge is 2.18. The molecule has 140 valence electrons. The van der Waals surface area contributed by atoms with E-state index in [1.54, 1.807) is 36.0 Å². The zero-order valence-corrected chi connectivity index (χ0v) is 15.9. The van der Waals surface area contributed by atoms with Gasteiger partial charge in [-0.15, -0.1) is 11.8 Å². The Labute approximate surface area is 157 Å². The third-order valence-electron chi connectivity index (χ3n) is 4.20. The highest BCUT2D eigenvalue weighted by molar-refractivity contribution is 8.00. The van der Waals surface area contributed by atoms with Crippen molar-refractivity contribution in [2.24, 2.45) is 0 Å². The van der Waals surface area contributed by atoms with Gasteiger partial charge in [-0.05, 0) is 43.2 Å². The molecule has 1 saturated carbocycles. The van der Waals surface area contributed by atoms with E-state index in [-0.39, 0.29) is 17.3 Å². The largest absolute Gasteiger partial charge is 0.468 e. The van der Waals surface area contributed by atoms with Gasteiger partial charge in [0.2, 0.25) is 15.9 Å². The standard InChI is InChI=1S/C18H22N2O4S2/c21-18(13-25-16-7-1-2-8-16)20-14-5-3-9-17(11-14)26(22,23)19-12-15-6-4-10-24-15/h3-6,9-11,16,19H,1-2,7-8,12-13H2,(H,20,21). The zero-order valence-electron chi connectivity index (χ0n) is 14.3. The summed E-state index contributed by atoms with van der Waals surface area (Å²) >= 11 is 1.67. The number of hydrogen-bond acceptors (Lipinski definition) is 5. The molecular weight excluding hydrogens is 372 g/mol. The molecule has 1 aromatic carbocycles. The molecule has 26 heavy (non-hydrogen) atoms. The zero-order chi connectivity index (χ0) is 18.4. The Bertz CT molecular complexity index is 829. The molecule has 0 saturated heterocycles. The lowest BCUT2D eigenvalue weighted by atomic mass is 10.3. The maximum atomic E-state index is 12.4. The molecule has 2 N–H and O–H groups in total. The molecule has 0 aliphatic heterocycles. The smallest absolute Gasteiger partial charge is 0.241 e. The van der Waals surface area contributed by atoms with E-state index in [2.05, 4.69) is 10.0 Å². The van der Waals surface area contributed by atoms with Crippen molar-refractivity contribution < 1.29 is 17.6 Å². The van der Waals surface area contributed by atoms with Crippen molar-refractivity contribution in [3.8, 4) is 0 Å². The molecule has 1 aliphatic carbocycles. The lowest BCUT2D eigenvalue weighted by Gasteiger charge is -2.10. The van der Waals surface area contributed by atoms with Crippen LogP contribution in [0.2, 0.25) is 0 Å². The van der Waals surface area contributed by atoms with Crippen LogP contribution in [0.5, 0.6) is 0 Å². The van der Waals surface area contributed by atoms with E-state index in [0.717, 1.165) is 0 Å². The topological polar surface area (TPSA) is 88.4 Å². The second kappa shape index (κ2) is 8.75. The number of rotatable bonds is 8. The number of benzene rings is 1. The number of carbonyl (C=O) groups is 1. The van der Waals surface area contributed by atoms with Crippen molar-refractivity contribution in [1.82, 2.24) is 4.72 Å². The molecule has 1 aliphatic rings. The quantitative estimate of drug-likeness (QED) is 0.717. The second-order valence-electron chi connectivity index (χ2n) is 6.20. The number of nitrogens with one attached hydrogen (secondary N) is 2. The van der Waals surface area contributed by atoms with Crippen molar-refractivity contribution in [3.05, 3.63) is 48.4 Å². The number of anilines is 1. The minimum absolute atomic E-state index is 0.0734. The summed E-state index contributed by atoms with van der Waals surface area (Å²) in [6, 6.07) is 9.64. The van der Waals surface area contributed by atoms with Crippen molar-refractivity contribution in [2.75, 3.05) is 11.1 Å². The van der Waals surface area contributed by atoms with Gasteiger partial charge in [-0.1, -0.05) is 18.9 Å². The number of sulfonamides is 1. The number of furan rings is 1. The average Bonchev–Trinajstić information content (AvgIpc) is 3.32. The molecule has 0 atom stereocenters. The lowest BCUT2D eigenvalue weighted by Crippen LogP contribution is -2.23. The first-order chi connectivity index (χ1) is 12.5. The maximum absolute atomic E-state index is 12.4. The van der Waals surface area contributed by atoms with Crippen LogP contribution in [0.25, 0.3) is 0 Å². The van der Waals surface area contributed by atoms with Gasteiger partial charge in [0.1, 0.15) is 5.76 Å². The van der Waals surface area contributed by atoms with Crippen LogP contribution in [-0.4, -0.2) is 25.3 Å². The van der Waals surface area contributed by atoms with Crippen molar-refractivity contribution >= 4 is 33.4 Å². The summed E-state index contributed by atoms with van der Waals surface area (Å²) in [5, 5.41) is 3.35. The summed E-state index contributed by atoms with van der Waals surface area (Å²) in [4.78, 5) is 12.2. The molecule has 1 amide bonds. The minimum Gasteiger partial charge on any atom is -0.468 e. The molecular formula is C18H22N2O4S2. The highest BCUT2D eigenvalue weighted by atomic mass is 32.2. The molecule has 1 aromatic heterocycles. The summed E-state index contributed by atoms with van der Waals surface area (Å²) in [6.45, 7) is 0.0734. The van der Waals surface area contributed by atoms with E-state index >= 15 is 0 Å². The fourth-order valence-electron chi connectivity index (χ4n) is 2.85. The van der Waals surface area contributed by atoms with Crippen LogP contribution in [0, 0.1) is 0 Å². The van der Waals surface area contributed by atoms with Crippen LogP contribution in [0.3, 0.4) is 0 Å². The fourth-order valence-corrected chi connectivity index (χ4v) is 5.01. The summed E-state index contributed by atoms with van der Waals surface area (Å²) in [7, 11) is -3.69. The number of thioether (sulfide) groups is 1. The van der Waals surface area contributed by atoms with Gasteiger partial charge in [-0.3, -0.25) is 4.79 Å². The molecule has 8 heteroatoms. The summed E-state index contributed by atoms with van der Waals surface area (Å²) in [5.74, 6) is 0.806. The Morgan fingerprint density at radius 3 is 2.73 bits per heavy atom. The molecule has 0 spiro atoms. The Balaban J connectivity index is 1.57.